The maximum atomic E-state index is 12.6. The number of aromatic nitrogens is 2. The normalized spacial score (nSPS) is 12.6. The number of aliphatic hydroxyl groups is 1. The molecule has 3 aromatic carbocycles. The molecule has 0 fully saturated rings. The van der Waals surface area contributed by atoms with Crippen LogP contribution in [0.25, 0.3) is 11.3 Å². The van der Waals surface area contributed by atoms with Crippen LogP contribution in [0.4, 0.5) is 5.69 Å². The number of sulfonamides is 1. The number of imidazole rings is 1. The molecule has 0 saturated heterocycles. The Bertz CT molecular complexity index is 1540. The molecule has 4 rings (SSSR count). The quantitative estimate of drug-likeness (QED) is 0.130. The summed E-state index contributed by atoms with van der Waals surface area (Å²) in [5.74, 6) is -0.572. The number of hydroxylamine groups is 1. The molecule has 5 N–H and O–H groups in total. The zero-order valence-electron chi connectivity index (χ0n) is 22.3. The zero-order valence-corrected chi connectivity index (χ0v) is 23.1. The molecular weight excluding hydrogens is 530 g/mol. The number of carbonyl (C=O) groups excluding carboxylic acids is 1. The second-order valence-corrected chi connectivity index (χ2v) is 11.8. The van der Waals surface area contributed by atoms with E-state index in [4.69, 9.17) is 5.21 Å². The van der Waals surface area contributed by atoms with Crippen LogP contribution in [0, 0.1) is 0 Å². The Morgan fingerprint density at radius 1 is 1.02 bits per heavy atom. The summed E-state index contributed by atoms with van der Waals surface area (Å²) in [6.45, 7) is 5.06. The smallest absolute Gasteiger partial charge is 0.274 e. The van der Waals surface area contributed by atoms with Gasteiger partial charge in [0, 0.05) is 41.6 Å². The third-order valence-electron chi connectivity index (χ3n) is 6.52. The van der Waals surface area contributed by atoms with Crippen molar-refractivity contribution in [2.24, 2.45) is 0 Å². The van der Waals surface area contributed by atoms with Gasteiger partial charge in [0.2, 0.25) is 0 Å². The highest BCUT2D eigenvalue weighted by Crippen LogP contribution is 2.22. The summed E-state index contributed by atoms with van der Waals surface area (Å²) >= 11 is 0. The number of nitrogens with zero attached hydrogens (tertiary/aromatic N) is 2. The Morgan fingerprint density at radius 2 is 1.75 bits per heavy atom. The van der Waals surface area contributed by atoms with E-state index >= 15 is 0 Å². The molecule has 0 bridgehead atoms. The highest BCUT2D eigenvalue weighted by molar-refractivity contribution is 7.92. The average Bonchev–Trinajstić information content (AvgIpc) is 3.44. The van der Waals surface area contributed by atoms with Gasteiger partial charge in [-0.1, -0.05) is 42.5 Å². The van der Waals surface area contributed by atoms with Crippen LogP contribution in [0.15, 0.2) is 96.3 Å². The lowest BCUT2D eigenvalue weighted by Crippen LogP contribution is -2.42. The number of aryl methyl sites for hydroxylation is 1. The van der Waals surface area contributed by atoms with Crippen LogP contribution in [0.5, 0.6) is 0 Å². The Hall–Kier alpha value is -4.03. The van der Waals surface area contributed by atoms with Crippen LogP contribution in [0.2, 0.25) is 0 Å². The molecule has 0 aliphatic heterocycles. The van der Waals surface area contributed by atoms with Crippen LogP contribution in [-0.2, 0) is 16.6 Å². The fraction of sp³-hybridized carbons (Fsp3) is 0.241. The van der Waals surface area contributed by atoms with Crippen molar-refractivity contribution < 1.29 is 23.5 Å². The van der Waals surface area contributed by atoms with Gasteiger partial charge in [-0.05, 0) is 62.2 Å². The summed E-state index contributed by atoms with van der Waals surface area (Å²) in [7, 11) is -3.73. The van der Waals surface area contributed by atoms with Crippen LogP contribution >= 0.6 is 0 Å². The summed E-state index contributed by atoms with van der Waals surface area (Å²) in [4.78, 5) is 16.1. The van der Waals surface area contributed by atoms with Crippen molar-refractivity contribution in [3.8, 4) is 11.3 Å². The molecule has 0 spiro atoms. The second kappa shape index (κ2) is 12.4. The first-order valence-corrected chi connectivity index (χ1v) is 14.2. The minimum atomic E-state index is -3.73. The number of aliphatic hydroxyl groups excluding tert-OH is 1. The lowest BCUT2D eigenvalue weighted by atomic mass is 9.99. The van der Waals surface area contributed by atoms with Crippen molar-refractivity contribution in [2.75, 3.05) is 11.3 Å². The molecule has 1 atom stereocenters. The Kier molecular flexibility index (Phi) is 9.00. The van der Waals surface area contributed by atoms with E-state index in [1.807, 2.05) is 24.6 Å². The summed E-state index contributed by atoms with van der Waals surface area (Å²) in [6.07, 6.45) is 3.59. The Morgan fingerprint density at radius 3 is 2.45 bits per heavy atom. The molecule has 0 aliphatic rings. The van der Waals surface area contributed by atoms with E-state index in [2.05, 4.69) is 15.0 Å². The SMILES string of the molecule is CC(C)(CCn1cnc(-c2ccc(C(=O)NO)cc2)c1)NCC(O)c1cccc(NS(=O)(=O)c2ccccc2)c1. The van der Waals surface area contributed by atoms with Gasteiger partial charge < -0.3 is 15.0 Å². The number of β-amino-alcohol motifs (C(OH)–C–C–N with tert-alkyl or cyclic N) is 1. The fourth-order valence-electron chi connectivity index (χ4n) is 4.10. The van der Waals surface area contributed by atoms with Crippen LogP contribution in [0.1, 0.15) is 42.3 Å². The maximum Gasteiger partial charge on any atom is 0.274 e. The topological polar surface area (TPSA) is 146 Å². The van der Waals surface area contributed by atoms with Gasteiger partial charge in [0.15, 0.2) is 0 Å². The number of hydrogen-bond donors (Lipinski definition) is 5. The van der Waals surface area contributed by atoms with E-state index in [0.29, 0.717) is 23.4 Å². The van der Waals surface area contributed by atoms with Crippen LogP contribution in [-0.4, -0.2) is 46.3 Å². The summed E-state index contributed by atoms with van der Waals surface area (Å²) in [6, 6.07) is 21.6. The third-order valence-corrected chi connectivity index (χ3v) is 7.92. The third kappa shape index (κ3) is 7.54. The van der Waals surface area contributed by atoms with Gasteiger partial charge in [0.1, 0.15) is 0 Å². The van der Waals surface area contributed by atoms with Crippen molar-refractivity contribution in [3.63, 3.8) is 0 Å². The van der Waals surface area contributed by atoms with Crippen LogP contribution in [0.3, 0.4) is 0 Å². The number of anilines is 1. The molecule has 210 valence electrons. The minimum absolute atomic E-state index is 0.166. The molecular formula is C29H33N5O5S. The number of hydrogen-bond acceptors (Lipinski definition) is 7. The molecule has 4 aromatic rings. The standard InChI is InChI=1S/C29H33N5O5S/c1-29(2,15-16-34-19-26(30-20-34)21-11-13-22(14-12-21)28(36)32-37)31-18-27(35)23-7-6-8-24(17-23)33-40(38,39)25-9-4-3-5-10-25/h3-14,17,19-20,27,31,33,35,37H,15-16,18H2,1-2H3,(H,32,36). The van der Waals surface area contributed by atoms with Gasteiger partial charge in [-0.3, -0.25) is 14.7 Å². The van der Waals surface area contributed by atoms with Gasteiger partial charge in [-0.15, -0.1) is 0 Å². The van der Waals surface area contributed by atoms with E-state index in [1.54, 1.807) is 78.5 Å². The van der Waals surface area contributed by atoms with Crippen molar-refractivity contribution >= 4 is 21.6 Å². The van der Waals surface area contributed by atoms with E-state index in [0.717, 1.165) is 17.7 Å². The van der Waals surface area contributed by atoms with Gasteiger partial charge in [0.05, 0.1) is 23.0 Å². The maximum absolute atomic E-state index is 12.6. The fourth-order valence-corrected chi connectivity index (χ4v) is 5.17. The lowest BCUT2D eigenvalue weighted by Gasteiger charge is -2.28. The summed E-state index contributed by atoms with van der Waals surface area (Å²) < 4.78 is 29.8. The zero-order chi connectivity index (χ0) is 28.8. The molecule has 1 amide bonds. The first kappa shape index (κ1) is 29.0. The average molecular weight is 564 g/mol. The molecule has 0 radical (unpaired) electrons. The molecule has 40 heavy (non-hydrogen) atoms. The highest BCUT2D eigenvalue weighted by atomic mass is 32.2. The monoisotopic (exact) mass is 563 g/mol. The van der Waals surface area contributed by atoms with E-state index < -0.39 is 22.0 Å². The van der Waals surface area contributed by atoms with Gasteiger partial charge in [0.25, 0.3) is 15.9 Å². The molecule has 1 aromatic heterocycles. The number of carbonyl (C=O) groups is 1. The molecule has 1 unspecified atom stereocenters. The largest absolute Gasteiger partial charge is 0.387 e. The highest BCUT2D eigenvalue weighted by Gasteiger charge is 2.20. The number of nitrogens with one attached hydrogen (secondary N) is 3. The van der Waals surface area contributed by atoms with E-state index in [1.165, 1.54) is 12.1 Å². The van der Waals surface area contributed by atoms with Gasteiger partial charge in [-0.2, -0.15) is 0 Å². The Labute approximate surface area is 233 Å². The lowest BCUT2D eigenvalue weighted by molar-refractivity contribution is 0.0706. The predicted octanol–water partition coefficient (Wildman–Crippen LogP) is 3.96. The van der Waals surface area contributed by atoms with Gasteiger partial charge >= 0.3 is 0 Å². The van der Waals surface area contributed by atoms with Crippen molar-refractivity contribution in [1.82, 2.24) is 20.3 Å². The van der Waals surface area contributed by atoms with E-state index in [9.17, 15) is 18.3 Å². The molecule has 11 heteroatoms. The summed E-state index contributed by atoms with van der Waals surface area (Å²) in [5, 5.41) is 23.0. The van der Waals surface area contributed by atoms with E-state index in [-0.39, 0.29) is 17.0 Å². The molecule has 0 saturated carbocycles. The van der Waals surface area contributed by atoms with Crippen molar-refractivity contribution in [2.45, 2.75) is 43.4 Å². The Balaban J connectivity index is 1.30. The first-order chi connectivity index (χ1) is 19.1. The number of amides is 1. The first-order valence-electron chi connectivity index (χ1n) is 12.7. The second-order valence-electron chi connectivity index (χ2n) is 10.1. The minimum Gasteiger partial charge on any atom is -0.387 e. The number of rotatable bonds is 12. The molecule has 0 aliphatic carbocycles. The summed E-state index contributed by atoms with van der Waals surface area (Å²) in [5.41, 5.74) is 4.24. The van der Waals surface area contributed by atoms with Crippen molar-refractivity contribution in [3.05, 3.63) is 103 Å². The predicted molar refractivity (Wildman–Crippen MR) is 152 cm³/mol. The van der Waals surface area contributed by atoms with Gasteiger partial charge in [-0.25, -0.2) is 18.9 Å². The molecule has 10 nitrogen and oxygen atoms in total. The van der Waals surface area contributed by atoms with Crippen LogP contribution < -0.4 is 15.5 Å². The number of benzene rings is 3. The van der Waals surface area contributed by atoms with Crippen molar-refractivity contribution in [1.29, 1.82) is 0 Å². The molecule has 1 heterocycles.